The third-order valence-corrected chi connectivity index (χ3v) is 6.76. The molecule has 0 saturated carbocycles. The first-order valence-electron chi connectivity index (χ1n) is 15.4. The highest BCUT2D eigenvalue weighted by molar-refractivity contribution is 5.92. The van der Waals surface area contributed by atoms with Gasteiger partial charge < -0.3 is 20.3 Å². The lowest BCUT2D eigenvalue weighted by Gasteiger charge is -2.36. The van der Waals surface area contributed by atoms with Crippen LogP contribution in [-0.4, -0.2) is 46.5 Å². The van der Waals surface area contributed by atoms with Gasteiger partial charge >= 0.3 is 6.09 Å². The lowest BCUT2D eigenvalue weighted by Crippen LogP contribution is -2.55. The molecule has 0 saturated heterocycles. The molecule has 42 heavy (non-hydrogen) atoms. The van der Waals surface area contributed by atoms with Gasteiger partial charge in [0.2, 0.25) is 11.8 Å². The molecule has 0 radical (unpaired) electrons. The lowest BCUT2D eigenvalue weighted by molar-refractivity contribution is -0.143. The van der Waals surface area contributed by atoms with Gasteiger partial charge in [-0.2, -0.15) is 0 Å². The van der Waals surface area contributed by atoms with Gasteiger partial charge in [0, 0.05) is 18.5 Å². The van der Waals surface area contributed by atoms with Crippen molar-refractivity contribution in [3.63, 3.8) is 0 Å². The summed E-state index contributed by atoms with van der Waals surface area (Å²) in [5.41, 5.74) is 1.48. The van der Waals surface area contributed by atoms with Crippen LogP contribution in [0.3, 0.4) is 0 Å². The molecular formula is C35H53N3O4. The molecule has 0 heterocycles. The Labute approximate surface area is 253 Å². The average molecular weight is 580 g/mol. The number of benzene rings is 2. The first-order valence-corrected chi connectivity index (χ1v) is 15.4. The van der Waals surface area contributed by atoms with Gasteiger partial charge in [0.05, 0.1) is 0 Å². The van der Waals surface area contributed by atoms with E-state index in [0.717, 1.165) is 48.8 Å². The van der Waals surface area contributed by atoms with Gasteiger partial charge in [-0.15, -0.1) is 0 Å². The molecule has 232 valence electrons. The molecule has 3 amide bonds. The molecule has 7 nitrogen and oxygen atoms in total. The molecule has 0 aromatic heterocycles. The van der Waals surface area contributed by atoms with Crippen LogP contribution in [0, 0.1) is 6.92 Å². The van der Waals surface area contributed by atoms with E-state index < -0.39 is 29.3 Å². The summed E-state index contributed by atoms with van der Waals surface area (Å²) in [6, 6.07) is 15.6. The Hall–Kier alpha value is -3.35. The van der Waals surface area contributed by atoms with Crippen LogP contribution >= 0.6 is 0 Å². The normalized spacial score (nSPS) is 13.1. The van der Waals surface area contributed by atoms with Crippen molar-refractivity contribution in [2.24, 2.45) is 0 Å². The minimum absolute atomic E-state index is 0.249. The minimum Gasteiger partial charge on any atom is -0.444 e. The van der Waals surface area contributed by atoms with Crippen LogP contribution in [0.1, 0.15) is 110 Å². The number of nitrogens with one attached hydrogen (secondary N) is 2. The Morgan fingerprint density at radius 1 is 0.833 bits per heavy atom. The fourth-order valence-electron chi connectivity index (χ4n) is 4.79. The maximum Gasteiger partial charge on any atom is 0.408 e. The van der Waals surface area contributed by atoms with Crippen molar-refractivity contribution < 1.29 is 19.1 Å². The molecule has 0 aliphatic rings. The van der Waals surface area contributed by atoms with Crippen molar-refractivity contribution in [3.8, 4) is 0 Å². The predicted molar refractivity (Wildman–Crippen MR) is 170 cm³/mol. The van der Waals surface area contributed by atoms with E-state index in [4.69, 9.17) is 4.74 Å². The molecule has 7 heteroatoms. The highest BCUT2D eigenvalue weighted by Crippen LogP contribution is 2.26. The summed E-state index contributed by atoms with van der Waals surface area (Å²) in [5, 5.41) is 5.94. The summed E-state index contributed by atoms with van der Waals surface area (Å²) in [5.74, 6) is -0.561. The Balaban J connectivity index is 2.52. The third kappa shape index (κ3) is 12.7. The molecule has 2 unspecified atom stereocenters. The molecule has 0 bridgehead atoms. The second-order valence-corrected chi connectivity index (χ2v) is 13.2. The zero-order valence-corrected chi connectivity index (χ0v) is 27.1. The van der Waals surface area contributed by atoms with Crippen LogP contribution in [-0.2, 0) is 20.7 Å². The number of ether oxygens (including phenoxy) is 1. The van der Waals surface area contributed by atoms with Crippen LogP contribution in [0.5, 0.6) is 0 Å². The quantitative estimate of drug-likeness (QED) is 0.230. The maximum atomic E-state index is 14.5. The molecule has 2 rings (SSSR count). The number of hydrogen-bond donors (Lipinski definition) is 2. The Kier molecular flexibility index (Phi) is 13.5. The molecular weight excluding hydrogens is 526 g/mol. The highest BCUT2D eigenvalue weighted by atomic mass is 16.6. The van der Waals surface area contributed by atoms with Crippen LogP contribution in [0.4, 0.5) is 4.79 Å². The predicted octanol–water partition coefficient (Wildman–Crippen LogP) is 7.28. The first kappa shape index (κ1) is 34.8. The van der Waals surface area contributed by atoms with E-state index in [-0.39, 0.29) is 18.2 Å². The zero-order chi connectivity index (χ0) is 31.3. The van der Waals surface area contributed by atoms with Crippen LogP contribution < -0.4 is 10.6 Å². The minimum atomic E-state index is -0.919. The molecule has 0 spiro atoms. The average Bonchev–Trinajstić information content (AvgIpc) is 2.88. The molecule has 2 aromatic carbocycles. The number of aryl methyl sites for hydroxylation is 1. The standard InChI is InChI=1S/C35H53N3O4/c1-9-10-11-12-13-17-24-38(30(31(39)37-34(3,4)5)28-22-20-26(2)21-23-28)32(40)29(25-27-18-15-14-16-19-27)36-33(41)42-35(6,7)8/h14-16,18-23,29-30H,9-13,17,24-25H2,1-8H3,(H,36,41)(H,37,39). The number of carbonyl (C=O) groups is 3. The van der Waals surface area contributed by atoms with Crippen molar-refractivity contribution in [3.05, 3.63) is 71.3 Å². The molecule has 2 N–H and O–H groups in total. The topological polar surface area (TPSA) is 87.7 Å². The van der Waals surface area contributed by atoms with Crippen molar-refractivity contribution in [2.45, 2.75) is 124 Å². The van der Waals surface area contributed by atoms with E-state index in [1.54, 1.807) is 25.7 Å². The first-order chi connectivity index (χ1) is 19.7. The van der Waals surface area contributed by atoms with Gasteiger partial charge in [-0.25, -0.2) is 4.79 Å². The van der Waals surface area contributed by atoms with Gasteiger partial charge in [0.25, 0.3) is 0 Å². The largest absolute Gasteiger partial charge is 0.444 e. The van der Waals surface area contributed by atoms with Gasteiger partial charge in [-0.1, -0.05) is 99.2 Å². The van der Waals surface area contributed by atoms with Gasteiger partial charge in [-0.05, 0) is 66.0 Å². The van der Waals surface area contributed by atoms with Crippen molar-refractivity contribution >= 4 is 17.9 Å². The zero-order valence-electron chi connectivity index (χ0n) is 27.1. The highest BCUT2D eigenvalue weighted by Gasteiger charge is 2.37. The second-order valence-electron chi connectivity index (χ2n) is 13.2. The monoisotopic (exact) mass is 579 g/mol. The number of nitrogens with zero attached hydrogens (tertiary/aromatic N) is 1. The summed E-state index contributed by atoms with van der Waals surface area (Å²) in [6.07, 6.45) is 5.87. The molecule has 2 aromatic rings. The van der Waals surface area contributed by atoms with Crippen molar-refractivity contribution in [2.75, 3.05) is 6.54 Å². The van der Waals surface area contributed by atoms with Crippen LogP contribution in [0.25, 0.3) is 0 Å². The molecule has 2 atom stereocenters. The molecule has 0 aliphatic heterocycles. The lowest BCUT2D eigenvalue weighted by atomic mass is 9.98. The van der Waals surface area contributed by atoms with E-state index in [2.05, 4.69) is 17.6 Å². The van der Waals surface area contributed by atoms with Crippen molar-refractivity contribution in [1.82, 2.24) is 15.5 Å². The van der Waals surface area contributed by atoms with Gasteiger partial charge in [0.15, 0.2) is 0 Å². The Bertz CT molecular complexity index is 1120. The van der Waals surface area contributed by atoms with E-state index >= 15 is 0 Å². The van der Waals surface area contributed by atoms with Crippen LogP contribution in [0.2, 0.25) is 0 Å². The van der Waals surface area contributed by atoms with Crippen molar-refractivity contribution in [1.29, 1.82) is 0 Å². The number of carbonyl (C=O) groups excluding carboxylic acids is 3. The van der Waals surface area contributed by atoms with Gasteiger partial charge in [-0.3, -0.25) is 9.59 Å². The Morgan fingerprint density at radius 2 is 1.43 bits per heavy atom. The number of alkyl carbamates (subject to hydrolysis) is 1. The van der Waals surface area contributed by atoms with Crippen LogP contribution in [0.15, 0.2) is 54.6 Å². The molecule has 0 fully saturated rings. The summed E-state index contributed by atoms with van der Waals surface area (Å²) >= 11 is 0. The maximum absolute atomic E-state index is 14.5. The number of amides is 3. The van der Waals surface area contributed by atoms with E-state index in [1.165, 1.54) is 6.42 Å². The SMILES string of the molecule is CCCCCCCCN(C(=O)C(Cc1ccccc1)NC(=O)OC(C)(C)C)C(C(=O)NC(C)(C)C)c1ccc(C)cc1. The number of unbranched alkanes of at least 4 members (excludes halogenated alkanes) is 5. The molecule has 0 aliphatic carbocycles. The number of rotatable bonds is 14. The van der Waals surface area contributed by atoms with Gasteiger partial charge in [0.1, 0.15) is 17.7 Å². The third-order valence-electron chi connectivity index (χ3n) is 6.76. The van der Waals surface area contributed by atoms with E-state index in [0.29, 0.717) is 6.54 Å². The summed E-state index contributed by atoms with van der Waals surface area (Å²) in [7, 11) is 0. The second kappa shape index (κ2) is 16.3. The fourth-order valence-corrected chi connectivity index (χ4v) is 4.79. The summed E-state index contributed by atoms with van der Waals surface area (Å²) in [4.78, 5) is 43.1. The Morgan fingerprint density at radius 3 is 2.00 bits per heavy atom. The smallest absolute Gasteiger partial charge is 0.408 e. The number of hydrogen-bond acceptors (Lipinski definition) is 4. The summed E-state index contributed by atoms with van der Waals surface area (Å²) < 4.78 is 5.54. The summed E-state index contributed by atoms with van der Waals surface area (Å²) in [6.45, 7) is 15.7. The van der Waals surface area contributed by atoms with E-state index in [1.807, 2.05) is 82.3 Å². The fraction of sp³-hybridized carbons (Fsp3) is 0.571. The van der Waals surface area contributed by atoms with E-state index in [9.17, 15) is 14.4 Å².